The molecule has 0 aliphatic heterocycles. The number of aromatic nitrogens is 2. The minimum Gasteiger partial charge on any atom is -0.481 e. The van der Waals surface area contributed by atoms with Gasteiger partial charge in [-0.05, 0) is 17.7 Å². The van der Waals surface area contributed by atoms with E-state index in [9.17, 15) is 0 Å². The van der Waals surface area contributed by atoms with Crippen LogP contribution >= 0.6 is 11.6 Å². The maximum atomic E-state index is 5.84. The Bertz CT molecular complexity index is 493. The molecule has 0 unspecified atom stereocenters. The highest BCUT2D eigenvalue weighted by atomic mass is 35.5. The lowest BCUT2D eigenvalue weighted by atomic mass is 10.2. The molecule has 2 rings (SSSR count). The summed E-state index contributed by atoms with van der Waals surface area (Å²) in [6.45, 7) is 1.06. The quantitative estimate of drug-likeness (QED) is 0.905. The van der Waals surface area contributed by atoms with E-state index < -0.39 is 0 Å². The lowest BCUT2D eigenvalue weighted by Crippen LogP contribution is -2.05. The number of hydrogen-bond donors (Lipinski definition) is 1. The fourth-order valence-corrected chi connectivity index (χ4v) is 1.79. The number of benzene rings is 1. The molecular weight excluding hydrogens is 238 g/mol. The zero-order valence-corrected chi connectivity index (χ0v) is 10.3. The zero-order valence-electron chi connectivity index (χ0n) is 9.56. The molecule has 1 heterocycles. The molecule has 4 nitrogen and oxygen atoms in total. The number of hydrogen-bond acceptors (Lipinski definition) is 3. The Morgan fingerprint density at radius 2 is 2.06 bits per heavy atom. The van der Waals surface area contributed by atoms with E-state index in [4.69, 9.17) is 22.1 Å². The van der Waals surface area contributed by atoms with Crippen LogP contribution in [0.1, 0.15) is 11.1 Å². The highest BCUT2D eigenvalue weighted by molar-refractivity contribution is 6.30. The van der Waals surface area contributed by atoms with Crippen LogP contribution < -0.4 is 10.5 Å². The summed E-state index contributed by atoms with van der Waals surface area (Å²) >= 11 is 5.84. The normalized spacial score (nSPS) is 10.5. The number of halogens is 1. The fraction of sp³-hybridized carbons (Fsp3) is 0.250. The third-order valence-electron chi connectivity index (χ3n) is 2.52. The van der Waals surface area contributed by atoms with Gasteiger partial charge in [0.1, 0.15) is 0 Å². The van der Waals surface area contributed by atoms with Crippen molar-refractivity contribution in [1.29, 1.82) is 0 Å². The van der Waals surface area contributed by atoms with E-state index in [1.54, 1.807) is 18.0 Å². The third kappa shape index (κ3) is 2.60. The van der Waals surface area contributed by atoms with Crippen LogP contribution in [0.2, 0.25) is 5.02 Å². The van der Waals surface area contributed by atoms with Gasteiger partial charge in [0.05, 0.1) is 19.9 Å². The van der Waals surface area contributed by atoms with Gasteiger partial charge in [0.25, 0.3) is 0 Å². The molecule has 0 amide bonds. The van der Waals surface area contributed by atoms with Crippen molar-refractivity contribution in [3.63, 3.8) is 0 Å². The second-order valence-corrected chi connectivity index (χ2v) is 4.10. The maximum absolute atomic E-state index is 5.84. The molecule has 0 atom stereocenters. The molecule has 0 spiro atoms. The van der Waals surface area contributed by atoms with Crippen LogP contribution in [0.25, 0.3) is 0 Å². The monoisotopic (exact) mass is 251 g/mol. The summed E-state index contributed by atoms with van der Waals surface area (Å²) < 4.78 is 7.08. The molecule has 0 saturated carbocycles. The Balaban J connectivity index is 2.23. The summed E-state index contributed by atoms with van der Waals surface area (Å²) in [6.07, 6.45) is 1.73. The summed E-state index contributed by atoms with van der Waals surface area (Å²) in [5, 5.41) is 4.98. The smallest absolute Gasteiger partial charge is 0.216 e. The van der Waals surface area contributed by atoms with Crippen LogP contribution in [-0.2, 0) is 13.1 Å². The molecule has 5 heteroatoms. The van der Waals surface area contributed by atoms with Gasteiger partial charge in [-0.25, -0.2) is 4.68 Å². The van der Waals surface area contributed by atoms with Gasteiger partial charge in [0, 0.05) is 17.1 Å². The van der Waals surface area contributed by atoms with Crippen LogP contribution in [-0.4, -0.2) is 16.9 Å². The minimum absolute atomic E-state index is 0.420. The van der Waals surface area contributed by atoms with Crippen molar-refractivity contribution >= 4 is 11.6 Å². The van der Waals surface area contributed by atoms with Crippen LogP contribution in [0.15, 0.2) is 30.5 Å². The van der Waals surface area contributed by atoms with Crippen molar-refractivity contribution in [3.05, 3.63) is 46.6 Å². The van der Waals surface area contributed by atoms with Crippen molar-refractivity contribution in [3.8, 4) is 5.88 Å². The number of rotatable bonds is 4. The lowest BCUT2D eigenvalue weighted by Gasteiger charge is -2.07. The van der Waals surface area contributed by atoms with Gasteiger partial charge >= 0.3 is 0 Å². The van der Waals surface area contributed by atoms with Gasteiger partial charge in [-0.2, -0.15) is 5.10 Å². The molecule has 0 fully saturated rings. The van der Waals surface area contributed by atoms with E-state index in [0.717, 1.165) is 16.1 Å². The molecule has 0 aliphatic carbocycles. The van der Waals surface area contributed by atoms with Crippen LogP contribution in [0.3, 0.4) is 0 Å². The summed E-state index contributed by atoms with van der Waals surface area (Å²) in [7, 11) is 1.62. The first-order valence-electron chi connectivity index (χ1n) is 5.27. The molecule has 1 aromatic carbocycles. The van der Waals surface area contributed by atoms with E-state index in [-0.39, 0.29) is 0 Å². The van der Waals surface area contributed by atoms with Gasteiger partial charge in [0.15, 0.2) is 0 Å². The number of methoxy groups -OCH3 is 1. The molecule has 90 valence electrons. The van der Waals surface area contributed by atoms with Gasteiger partial charge in [-0.15, -0.1) is 0 Å². The molecule has 0 aliphatic rings. The molecule has 0 radical (unpaired) electrons. The second-order valence-electron chi connectivity index (χ2n) is 3.67. The van der Waals surface area contributed by atoms with E-state index >= 15 is 0 Å². The minimum atomic E-state index is 0.420. The van der Waals surface area contributed by atoms with Crippen molar-refractivity contribution < 1.29 is 4.74 Å². The van der Waals surface area contributed by atoms with E-state index in [2.05, 4.69) is 5.10 Å². The standard InChI is InChI=1S/C12H14ClN3O/c1-17-12-10(6-14)7-15-16(12)8-9-2-4-11(13)5-3-9/h2-5,7H,6,8,14H2,1H3. The van der Waals surface area contributed by atoms with E-state index in [1.165, 1.54) is 0 Å². The van der Waals surface area contributed by atoms with Gasteiger partial charge in [-0.3, -0.25) is 0 Å². The highest BCUT2D eigenvalue weighted by Crippen LogP contribution is 2.19. The average Bonchev–Trinajstić information content (AvgIpc) is 2.74. The first kappa shape index (κ1) is 12.0. The van der Waals surface area contributed by atoms with Crippen molar-refractivity contribution in [2.75, 3.05) is 7.11 Å². The molecule has 0 saturated heterocycles. The summed E-state index contributed by atoms with van der Waals surface area (Å²) in [5.74, 6) is 0.711. The predicted molar refractivity (Wildman–Crippen MR) is 67.2 cm³/mol. The Kier molecular flexibility index (Phi) is 3.66. The first-order valence-corrected chi connectivity index (χ1v) is 5.65. The van der Waals surface area contributed by atoms with Crippen LogP contribution in [0.4, 0.5) is 0 Å². The summed E-state index contributed by atoms with van der Waals surface area (Å²) in [5.41, 5.74) is 7.62. The Labute approximate surface area is 105 Å². The lowest BCUT2D eigenvalue weighted by molar-refractivity contribution is 0.363. The first-order chi connectivity index (χ1) is 8.24. The van der Waals surface area contributed by atoms with E-state index in [1.807, 2.05) is 24.3 Å². The Hall–Kier alpha value is -1.52. The van der Waals surface area contributed by atoms with Crippen LogP contribution in [0, 0.1) is 0 Å². The molecule has 2 aromatic rings. The van der Waals surface area contributed by atoms with Gasteiger partial charge in [-0.1, -0.05) is 23.7 Å². The van der Waals surface area contributed by atoms with Crippen molar-refractivity contribution in [2.45, 2.75) is 13.1 Å². The SMILES string of the molecule is COc1c(CN)cnn1Cc1ccc(Cl)cc1. The zero-order chi connectivity index (χ0) is 12.3. The number of ether oxygens (including phenoxy) is 1. The van der Waals surface area contributed by atoms with Crippen LogP contribution in [0.5, 0.6) is 5.88 Å². The molecule has 17 heavy (non-hydrogen) atoms. The van der Waals surface area contributed by atoms with Crippen molar-refractivity contribution in [2.24, 2.45) is 5.73 Å². The third-order valence-corrected chi connectivity index (χ3v) is 2.77. The Morgan fingerprint density at radius 1 is 1.35 bits per heavy atom. The van der Waals surface area contributed by atoms with Gasteiger partial charge < -0.3 is 10.5 Å². The average molecular weight is 252 g/mol. The highest BCUT2D eigenvalue weighted by Gasteiger charge is 2.09. The topological polar surface area (TPSA) is 53.1 Å². The number of nitrogens with zero attached hydrogens (tertiary/aromatic N) is 2. The second kappa shape index (κ2) is 5.21. The largest absolute Gasteiger partial charge is 0.481 e. The maximum Gasteiger partial charge on any atom is 0.216 e. The molecule has 2 N–H and O–H groups in total. The predicted octanol–water partition coefficient (Wildman–Crippen LogP) is 2.05. The Morgan fingerprint density at radius 3 is 2.65 bits per heavy atom. The van der Waals surface area contributed by atoms with E-state index in [0.29, 0.717) is 19.0 Å². The molecule has 0 bridgehead atoms. The van der Waals surface area contributed by atoms with Gasteiger partial charge in [0.2, 0.25) is 5.88 Å². The molecular formula is C12H14ClN3O. The summed E-state index contributed by atoms with van der Waals surface area (Å²) in [4.78, 5) is 0. The summed E-state index contributed by atoms with van der Waals surface area (Å²) in [6, 6.07) is 7.64. The molecule has 1 aromatic heterocycles. The number of nitrogens with two attached hydrogens (primary N) is 1. The van der Waals surface area contributed by atoms with Crippen molar-refractivity contribution in [1.82, 2.24) is 9.78 Å². The fourth-order valence-electron chi connectivity index (χ4n) is 1.66.